The van der Waals surface area contributed by atoms with Crippen LogP contribution in [0.3, 0.4) is 0 Å². The lowest BCUT2D eigenvalue weighted by atomic mass is 10.1. The molecule has 4 nitrogen and oxygen atoms in total. The Kier molecular flexibility index (Phi) is 4.20. The second kappa shape index (κ2) is 5.87. The molecule has 1 aliphatic carbocycles. The van der Waals surface area contributed by atoms with Crippen molar-refractivity contribution in [3.8, 4) is 0 Å². The zero-order valence-electron chi connectivity index (χ0n) is 10.7. The topological polar surface area (TPSA) is 67.8 Å². The van der Waals surface area contributed by atoms with Crippen LogP contribution in [0.4, 0.5) is 0 Å². The van der Waals surface area contributed by atoms with Gasteiger partial charge in [0.2, 0.25) is 0 Å². The fraction of sp³-hybridized carbons (Fsp3) is 0.500. The molecule has 0 bridgehead atoms. The van der Waals surface area contributed by atoms with Gasteiger partial charge in [-0.2, -0.15) is 0 Å². The number of rotatable bonds is 4. The highest BCUT2D eigenvalue weighted by atomic mass is 16.5. The van der Waals surface area contributed by atoms with Gasteiger partial charge < -0.3 is 15.7 Å². The van der Waals surface area contributed by atoms with Gasteiger partial charge in [0.15, 0.2) is 5.84 Å². The Morgan fingerprint density at radius 2 is 2.17 bits per heavy atom. The smallest absolute Gasteiger partial charge is 0.170 e. The SMILES string of the molecule is Cc1cc(/C(N)=N/O)ccc1COC1CCCC1. The molecular weight excluding hydrogens is 228 g/mol. The average Bonchev–Trinajstić information content (AvgIpc) is 2.89. The first-order chi connectivity index (χ1) is 8.70. The monoisotopic (exact) mass is 248 g/mol. The van der Waals surface area contributed by atoms with Crippen molar-refractivity contribution >= 4 is 5.84 Å². The summed E-state index contributed by atoms with van der Waals surface area (Å²) >= 11 is 0. The molecule has 0 radical (unpaired) electrons. The molecule has 1 fully saturated rings. The van der Waals surface area contributed by atoms with Crippen LogP contribution in [0.5, 0.6) is 0 Å². The zero-order chi connectivity index (χ0) is 13.0. The van der Waals surface area contributed by atoms with E-state index in [1.165, 1.54) is 25.7 Å². The largest absolute Gasteiger partial charge is 0.409 e. The van der Waals surface area contributed by atoms with E-state index >= 15 is 0 Å². The van der Waals surface area contributed by atoms with Gasteiger partial charge in [0.05, 0.1) is 12.7 Å². The molecule has 1 aliphatic rings. The Bertz CT molecular complexity index is 437. The molecule has 3 N–H and O–H groups in total. The van der Waals surface area contributed by atoms with Gasteiger partial charge >= 0.3 is 0 Å². The number of benzene rings is 1. The Hall–Kier alpha value is -1.55. The molecule has 0 heterocycles. The first-order valence-corrected chi connectivity index (χ1v) is 6.39. The number of hydrogen-bond donors (Lipinski definition) is 2. The predicted molar refractivity (Wildman–Crippen MR) is 70.7 cm³/mol. The van der Waals surface area contributed by atoms with Gasteiger partial charge in [0, 0.05) is 5.56 Å². The van der Waals surface area contributed by atoms with Crippen LogP contribution in [0, 0.1) is 6.92 Å². The summed E-state index contributed by atoms with van der Waals surface area (Å²) in [5, 5.41) is 11.6. The van der Waals surface area contributed by atoms with E-state index in [2.05, 4.69) is 5.16 Å². The van der Waals surface area contributed by atoms with Crippen molar-refractivity contribution in [2.75, 3.05) is 0 Å². The second-order valence-electron chi connectivity index (χ2n) is 4.84. The minimum absolute atomic E-state index is 0.140. The van der Waals surface area contributed by atoms with Crippen molar-refractivity contribution in [3.63, 3.8) is 0 Å². The summed E-state index contributed by atoms with van der Waals surface area (Å²) < 4.78 is 5.89. The molecule has 0 saturated heterocycles. The van der Waals surface area contributed by atoms with Gasteiger partial charge in [-0.15, -0.1) is 0 Å². The average molecular weight is 248 g/mol. The van der Waals surface area contributed by atoms with Crippen LogP contribution in [0.2, 0.25) is 0 Å². The van der Waals surface area contributed by atoms with E-state index in [-0.39, 0.29) is 5.84 Å². The van der Waals surface area contributed by atoms with Gasteiger partial charge in [-0.3, -0.25) is 0 Å². The Labute approximate surface area is 107 Å². The Balaban J connectivity index is 2.00. The molecule has 18 heavy (non-hydrogen) atoms. The Morgan fingerprint density at radius 1 is 1.44 bits per heavy atom. The van der Waals surface area contributed by atoms with Crippen molar-refractivity contribution in [1.82, 2.24) is 0 Å². The lowest BCUT2D eigenvalue weighted by molar-refractivity contribution is 0.0454. The van der Waals surface area contributed by atoms with Crippen LogP contribution in [0.25, 0.3) is 0 Å². The van der Waals surface area contributed by atoms with E-state index in [1.54, 1.807) is 0 Å². The van der Waals surface area contributed by atoms with E-state index in [1.807, 2.05) is 25.1 Å². The van der Waals surface area contributed by atoms with E-state index < -0.39 is 0 Å². The summed E-state index contributed by atoms with van der Waals surface area (Å²) in [6.45, 7) is 2.66. The van der Waals surface area contributed by atoms with Crippen LogP contribution in [-0.2, 0) is 11.3 Å². The summed E-state index contributed by atoms with van der Waals surface area (Å²) in [5.74, 6) is 0.140. The molecule has 1 aromatic rings. The molecule has 0 aromatic heterocycles. The van der Waals surface area contributed by atoms with Crippen molar-refractivity contribution in [2.24, 2.45) is 10.9 Å². The molecule has 98 valence electrons. The van der Waals surface area contributed by atoms with Gasteiger partial charge in [0.25, 0.3) is 0 Å². The summed E-state index contributed by atoms with van der Waals surface area (Å²) in [6.07, 6.45) is 5.36. The van der Waals surface area contributed by atoms with Crippen molar-refractivity contribution in [3.05, 3.63) is 34.9 Å². The number of aryl methyl sites for hydroxylation is 1. The fourth-order valence-corrected chi connectivity index (χ4v) is 2.34. The van der Waals surface area contributed by atoms with Crippen LogP contribution >= 0.6 is 0 Å². The van der Waals surface area contributed by atoms with Crippen molar-refractivity contribution < 1.29 is 9.94 Å². The predicted octanol–water partition coefficient (Wildman–Crippen LogP) is 2.55. The summed E-state index contributed by atoms with van der Waals surface area (Å²) in [4.78, 5) is 0. The fourth-order valence-electron chi connectivity index (χ4n) is 2.34. The van der Waals surface area contributed by atoms with Crippen LogP contribution in [0.1, 0.15) is 42.4 Å². The van der Waals surface area contributed by atoms with E-state index in [0.29, 0.717) is 12.7 Å². The molecule has 0 atom stereocenters. The first-order valence-electron chi connectivity index (χ1n) is 6.39. The molecule has 0 aliphatic heterocycles. The molecular formula is C14H20N2O2. The summed E-state index contributed by atoms with van der Waals surface area (Å²) in [6, 6.07) is 5.76. The molecule has 4 heteroatoms. The molecule has 0 spiro atoms. The minimum atomic E-state index is 0.140. The number of hydrogen-bond acceptors (Lipinski definition) is 3. The molecule has 1 saturated carbocycles. The zero-order valence-corrected chi connectivity index (χ0v) is 10.7. The van der Waals surface area contributed by atoms with Gasteiger partial charge in [0.1, 0.15) is 0 Å². The van der Waals surface area contributed by atoms with Crippen molar-refractivity contribution in [1.29, 1.82) is 0 Å². The Morgan fingerprint density at radius 3 is 2.78 bits per heavy atom. The van der Waals surface area contributed by atoms with Gasteiger partial charge in [-0.1, -0.05) is 30.1 Å². The quantitative estimate of drug-likeness (QED) is 0.372. The second-order valence-corrected chi connectivity index (χ2v) is 4.84. The van der Waals surface area contributed by atoms with Crippen LogP contribution in [0.15, 0.2) is 23.4 Å². The van der Waals surface area contributed by atoms with Gasteiger partial charge in [-0.25, -0.2) is 0 Å². The minimum Gasteiger partial charge on any atom is -0.409 e. The number of oxime groups is 1. The highest BCUT2D eigenvalue weighted by molar-refractivity contribution is 5.97. The third-order valence-corrected chi connectivity index (χ3v) is 3.52. The lowest BCUT2D eigenvalue weighted by Gasteiger charge is -2.13. The van der Waals surface area contributed by atoms with Crippen LogP contribution < -0.4 is 5.73 Å². The van der Waals surface area contributed by atoms with Crippen LogP contribution in [-0.4, -0.2) is 17.1 Å². The van der Waals surface area contributed by atoms with Crippen molar-refractivity contribution in [2.45, 2.75) is 45.3 Å². The van der Waals surface area contributed by atoms with E-state index in [4.69, 9.17) is 15.7 Å². The molecule has 0 unspecified atom stereocenters. The normalized spacial score (nSPS) is 17.3. The maximum absolute atomic E-state index is 8.63. The maximum Gasteiger partial charge on any atom is 0.170 e. The number of nitrogens with zero attached hydrogens (tertiary/aromatic N) is 1. The first kappa shape index (κ1) is 12.9. The number of nitrogens with two attached hydrogens (primary N) is 1. The standard InChI is InChI=1S/C14H20N2O2/c1-10-8-11(14(15)16-17)6-7-12(10)9-18-13-4-2-3-5-13/h6-8,13,17H,2-5,9H2,1H3,(H2,15,16). The lowest BCUT2D eigenvalue weighted by Crippen LogP contribution is -2.14. The number of amidine groups is 1. The molecule has 2 rings (SSSR count). The van der Waals surface area contributed by atoms with E-state index in [9.17, 15) is 0 Å². The third-order valence-electron chi connectivity index (χ3n) is 3.52. The molecule has 1 aromatic carbocycles. The molecule has 0 amide bonds. The van der Waals surface area contributed by atoms with E-state index in [0.717, 1.165) is 16.7 Å². The summed E-state index contributed by atoms with van der Waals surface area (Å²) in [5.41, 5.74) is 8.56. The summed E-state index contributed by atoms with van der Waals surface area (Å²) in [7, 11) is 0. The highest BCUT2D eigenvalue weighted by Crippen LogP contribution is 2.23. The highest BCUT2D eigenvalue weighted by Gasteiger charge is 2.15. The number of ether oxygens (including phenoxy) is 1. The third kappa shape index (κ3) is 3.01. The maximum atomic E-state index is 8.63. The van der Waals surface area contributed by atoms with Gasteiger partial charge in [-0.05, 0) is 37.0 Å².